The van der Waals surface area contributed by atoms with E-state index < -0.39 is 0 Å². The van der Waals surface area contributed by atoms with Crippen LogP contribution in [0.4, 0.5) is 0 Å². The first-order valence-electron chi connectivity index (χ1n) is 5.44. The van der Waals surface area contributed by atoms with E-state index in [1.54, 1.807) is 0 Å². The Bertz CT molecular complexity index is 298. The lowest BCUT2D eigenvalue weighted by Crippen LogP contribution is -2.24. The van der Waals surface area contributed by atoms with Crippen LogP contribution in [-0.2, 0) is 4.74 Å². The zero-order valence-corrected chi connectivity index (χ0v) is 10.5. The van der Waals surface area contributed by atoms with Crippen molar-refractivity contribution >= 4 is 15.9 Å². The Hall–Kier alpha value is -0.410. The monoisotopic (exact) mass is 269 g/mol. The summed E-state index contributed by atoms with van der Waals surface area (Å²) in [7, 11) is 0. The normalized spacial score (nSPS) is 25.1. The van der Waals surface area contributed by atoms with Gasteiger partial charge in [-0.2, -0.15) is 0 Å². The molecule has 0 bridgehead atoms. The highest BCUT2D eigenvalue weighted by Crippen LogP contribution is 2.32. The number of hydrogen-bond acceptors (Lipinski definition) is 2. The Labute approximate surface area is 99.2 Å². The number of hydrogen-bond donors (Lipinski definition) is 0. The molecule has 2 rings (SSSR count). The molecule has 15 heavy (non-hydrogen) atoms. The quantitative estimate of drug-likeness (QED) is 0.787. The van der Waals surface area contributed by atoms with Crippen molar-refractivity contribution in [3.8, 4) is 0 Å². The standard InChI is InChI=1S/C12H16BrNO/c1-9(10-4-6-14-7-5-10)12(13)11-3-2-8-15-11/h4-7,9,11-12H,2-3,8H2,1H3. The average Bonchev–Trinajstić information content (AvgIpc) is 2.82. The van der Waals surface area contributed by atoms with E-state index >= 15 is 0 Å². The van der Waals surface area contributed by atoms with Crippen molar-refractivity contribution in [1.82, 2.24) is 4.98 Å². The van der Waals surface area contributed by atoms with Gasteiger partial charge in [-0.3, -0.25) is 4.98 Å². The molecule has 0 radical (unpaired) electrons. The minimum absolute atomic E-state index is 0.369. The fourth-order valence-electron chi connectivity index (χ4n) is 2.03. The molecular formula is C12H16BrNO. The number of halogens is 1. The van der Waals surface area contributed by atoms with Crippen molar-refractivity contribution in [2.45, 2.75) is 36.6 Å². The Morgan fingerprint density at radius 2 is 2.20 bits per heavy atom. The molecule has 0 saturated carbocycles. The summed E-state index contributed by atoms with van der Waals surface area (Å²) in [6.45, 7) is 3.15. The van der Waals surface area contributed by atoms with Crippen LogP contribution in [0, 0.1) is 0 Å². The predicted molar refractivity (Wildman–Crippen MR) is 64.3 cm³/mol. The highest BCUT2D eigenvalue weighted by atomic mass is 79.9. The van der Waals surface area contributed by atoms with E-state index in [4.69, 9.17) is 4.74 Å². The molecule has 3 unspecified atom stereocenters. The number of alkyl halides is 1. The van der Waals surface area contributed by atoms with Crippen LogP contribution < -0.4 is 0 Å². The lowest BCUT2D eigenvalue weighted by Gasteiger charge is -2.23. The van der Waals surface area contributed by atoms with E-state index in [1.165, 1.54) is 18.4 Å². The minimum Gasteiger partial charge on any atom is -0.377 e. The van der Waals surface area contributed by atoms with Crippen molar-refractivity contribution in [3.05, 3.63) is 30.1 Å². The van der Waals surface area contributed by atoms with Crippen LogP contribution in [0.5, 0.6) is 0 Å². The molecule has 3 heteroatoms. The highest BCUT2D eigenvalue weighted by Gasteiger charge is 2.28. The first-order chi connectivity index (χ1) is 7.29. The van der Waals surface area contributed by atoms with Gasteiger partial charge in [-0.15, -0.1) is 0 Å². The molecule has 82 valence electrons. The maximum atomic E-state index is 5.69. The van der Waals surface area contributed by atoms with Gasteiger partial charge in [0.1, 0.15) is 0 Å². The molecule has 0 aliphatic carbocycles. The number of nitrogens with zero attached hydrogens (tertiary/aromatic N) is 1. The SMILES string of the molecule is CC(c1ccncc1)C(Br)C1CCCO1. The van der Waals surface area contributed by atoms with Gasteiger partial charge in [-0.25, -0.2) is 0 Å². The van der Waals surface area contributed by atoms with Crippen LogP contribution in [-0.4, -0.2) is 22.5 Å². The van der Waals surface area contributed by atoms with Gasteiger partial charge in [-0.05, 0) is 36.5 Å². The van der Waals surface area contributed by atoms with Gasteiger partial charge >= 0.3 is 0 Å². The van der Waals surface area contributed by atoms with Crippen LogP contribution in [0.1, 0.15) is 31.2 Å². The van der Waals surface area contributed by atoms with Gasteiger partial charge in [0.05, 0.1) is 6.10 Å². The van der Waals surface area contributed by atoms with Crippen LogP contribution in [0.3, 0.4) is 0 Å². The Morgan fingerprint density at radius 3 is 2.80 bits per heavy atom. The lowest BCUT2D eigenvalue weighted by molar-refractivity contribution is 0.106. The van der Waals surface area contributed by atoms with Crippen LogP contribution in [0.2, 0.25) is 0 Å². The first kappa shape index (κ1) is 11.1. The van der Waals surface area contributed by atoms with Crippen molar-refractivity contribution in [2.24, 2.45) is 0 Å². The second-order valence-corrected chi connectivity index (χ2v) is 5.12. The Morgan fingerprint density at radius 1 is 1.47 bits per heavy atom. The fourth-order valence-corrected chi connectivity index (χ4v) is 2.75. The maximum absolute atomic E-state index is 5.69. The summed E-state index contributed by atoms with van der Waals surface area (Å²) in [4.78, 5) is 4.44. The maximum Gasteiger partial charge on any atom is 0.0706 e. The van der Waals surface area contributed by atoms with Gasteiger partial charge in [0.15, 0.2) is 0 Å². The molecule has 0 N–H and O–H groups in total. The third-order valence-electron chi connectivity index (χ3n) is 3.03. The summed E-state index contributed by atoms with van der Waals surface area (Å²) in [6, 6.07) is 4.15. The molecular weight excluding hydrogens is 254 g/mol. The molecule has 2 nitrogen and oxygen atoms in total. The summed E-state index contributed by atoms with van der Waals surface area (Å²) < 4.78 is 5.69. The molecule has 1 fully saturated rings. The molecule has 1 saturated heterocycles. The topological polar surface area (TPSA) is 22.1 Å². The second kappa shape index (κ2) is 5.08. The second-order valence-electron chi connectivity index (χ2n) is 4.07. The molecule has 0 spiro atoms. The van der Waals surface area contributed by atoms with E-state index in [0.717, 1.165) is 6.61 Å². The average molecular weight is 270 g/mol. The van der Waals surface area contributed by atoms with Gasteiger partial charge < -0.3 is 4.74 Å². The van der Waals surface area contributed by atoms with Gasteiger partial charge in [-0.1, -0.05) is 22.9 Å². The third kappa shape index (κ3) is 2.58. The Kier molecular flexibility index (Phi) is 3.76. The van der Waals surface area contributed by atoms with Crippen molar-refractivity contribution in [1.29, 1.82) is 0 Å². The van der Waals surface area contributed by atoms with Crippen LogP contribution in [0.25, 0.3) is 0 Å². The molecule has 1 aromatic heterocycles. The number of ether oxygens (including phenoxy) is 1. The van der Waals surface area contributed by atoms with Crippen molar-refractivity contribution in [3.63, 3.8) is 0 Å². The fraction of sp³-hybridized carbons (Fsp3) is 0.583. The van der Waals surface area contributed by atoms with Crippen molar-refractivity contribution in [2.75, 3.05) is 6.61 Å². The van der Waals surface area contributed by atoms with E-state index in [2.05, 4.69) is 40.0 Å². The van der Waals surface area contributed by atoms with Crippen LogP contribution in [0.15, 0.2) is 24.5 Å². The molecule has 1 aromatic rings. The lowest BCUT2D eigenvalue weighted by atomic mass is 9.95. The molecule has 0 aromatic carbocycles. The smallest absolute Gasteiger partial charge is 0.0706 e. The zero-order chi connectivity index (χ0) is 10.7. The molecule has 1 aliphatic rings. The predicted octanol–water partition coefficient (Wildman–Crippen LogP) is 3.13. The zero-order valence-electron chi connectivity index (χ0n) is 8.90. The summed E-state index contributed by atoms with van der Waals surface area (Å²) in [5.41, 5.74) is 1.32. The van der Waals surface area contributed by atoms with Crippen molar-refractivity contribution < 1.29 is 4.74 Å². The minimum atomic E-state index is 0.369. The van der Waals surface area contributed by atoms with E-state index in [1.807, 2.05) is 12.4 Å². The first-order valence-corrected chi connectivity index (χ1v) is 6.36. The summed E-state index contributed by atoms with van der Waals surface area (Å²) in [5, 5.41) is 0. The van der Waals surface area contributed by atoms with E-state index in [0.29, 0.717) is 16.8 Å². The van der Waals surface area contributed by atoms with Gasteiger partial charge in [0.2, 0.25) is 0 Å². The largest absolute Gasteiger partial charge is 0.377 e. The molecule has 3 atom stereocenters. The molecule has 0 amide bonds. The van der Waals surface area contributed by atoms with E-state index in [9.17, 15) is 0 Å². The molecule has 2 heterocycles. The van der Waals surface area contributed by atoms with Gasteiger partial charge in [0, 0.05) is 23.8 Å². The molecule has 1 aliphatic heterocycles. The van der Waals surface area contributed by atoms with Gasteiger partial charge in [0.25, 0.3) is 0 Å². The third-order valence-corrected chi connectivity index (χ3v) is 4.41. The Balaban J connectivity index is 2.03. The number of aromatic nitrogens is 1. The van der Waals surface area contributed by atoms with Crippen LogP contribution >= 0.6 is 15.9 Å². The summed E-state index contributed by atoms with van der Waals surface area (Å²) in [6.07, 6.45) is 6.43. The number of pyridine rings is 1. The summed E-state index contributed by atoms with van der Waals surface area (Å²) >= 11 is 3.76. The van der Waals surface area contributed by atoms with E-state index in [-0.39, 0.29) is 0 Å². The summed E-state index contributed by atoms with van der Waals surface area (Å²) in [5.74, 6) is 0.469. The number of rotatable bonds is 3. The highest BCUT2D eigenvalue weighted by molar-refractivity contribution is 9.09.